The lowest BCUT2D eigenvalue weighted by molar-refractivity contribution is -0.126. The van der Waals surface area contributed by atoms with E-state index in [0.717, 1.165) is 29.7 Å². The van der Waals surface area contributed by atoms with Gasteiger partial charge in [-0.05, 0) is 66.8 Å². The minimum atomic E-state index is -0.113. The van der Waals surface area contributed by atoms with Gasteiger partial charge in [0.05, 0.1) is 7.11 Å². The van der Waals surface area contributed by atoms with Gasteiger partial charge >= 0.3 is 0 Å². The maximum absolute atomic E-state index is 13.2. The first kappa shape index (κ1) is 24.6. The smallest absolute Gasteiger partial charge is 0.253 e. The first-order valence-corrected chi connectivity index (χ1v) is 12.7. The van der Waals surface area contributed by atoms with Crippen LogP contribution in [-0.2, 0) is 11.3 Å². The molecule has 1 aliphatic heterocycles. The highest BCUT2D eigenvalue weighted by Gasteiger charge is 2.30. The fraction of sp³-hybridized carbons (Fsp3) is 0.300. The highest BCUT2D eigenvalue weighted by molar-refractivity contribution is 5.97. The SMILES string of the molecule is COc1ccc(CNC(=O)[C@@H](C)C2CCN(C(=O)c3ccc4oc(-c5ccccc5)nc4c3)CC2)cc1. The van der Waals surface area contributed by atoms with Crippen LogP contribution in [0.15, 0.2) is 77.2 Å². The Balaban J connectivity index is 1.16. The van der Waals surface area contributed by atoms with Crippen molar-refractivity contribution in [2.45, 2.75) is 26.3 Å². The Morgan fingerprint density at radius 1 is 1.05 bits per heavy atom. The van der Waals surface area contributed by atoms with Crippen LogP contribution >= 0.6 is 0 Å². The number of ether oxygens (including phenoxy) is 1. The number of likely N-dealkylation sites (tertiary alicyclic amines) is 1. The van der Waals surface area contributed by atoms with E-state index in [0.29, 0.717) is 42.2 Å². The molecular weight excluding hydrogens is 466 g/mol. The Bertz CT molecular complexity index is 1370. The summed E-state index contributed by atoms with van der Waals surface area (Å²) in [7, 11) is 1.63. The molecule has 5 rings (SSSR count). The average Bonchev–Trinajstić information content (AvgIpc) is 3.39. The van der Waals surface area contributed by atoms with Gasteiger partial charge in [0.1, 0.15) is 11.3 Å². The number of rotatable bonds is 7. The summed E-state index contributed by atoms with van der Waals surface area (Å²) in [5.74, 6) is 1.50. The molecule has 7 heteroatoms. The van der Waals surface area contributed by atoms with Gasteiger partial charge in [-0.25, -0.2) is 4.98 Å². The summed E-state index contributed by atoms with van der Waals surface area (Å²) in [6, 6.07) is 22.8. The molecule has 1 atom stereocenters. The number of benzene rings is 3. The van der Waals surface area contributed by atoms with Gasteiger partial charge in [0.15, 0.2) is 5.58 Å². The van der Waals surface area contributed by atoms with Crippen LogP contribution in [0.3, 0.4) is 0 Å². The van der Waals surface area contributed by atoms with Crippen LogP contribution in [0.2, 0.25) is 0 Å². The lowest BCUT2D eigenvalue weighted by atomic mass is 9.84. The van der Waals surface area contributed by atoms with Gasteiger partial charge < -0.3 is 19.4 Å². The van der Waals surface area contributed by atoms with Crippen molar-refractivity contribution in [3.63, 3.8) is 0 Å². The summed E-state index contributed by atoms with van der Waals surface area (Å²) >= 11 is 0. The number of hydrogen-bond donors (Lipinski definition) is 1. The molecule has 190 valence electrons. The first-order chi connectivity index (χ1) is 18.0. The number of fused-ring (bicyclic) bond motifs is 1. The minimum absolute atomic E-state index is 0.0128. The number of piperidine rings is 1. The van der Waals surface area contributed by atoms with E-state index in [9.17, 15) is 9.59 Å². The second kappa shape index (κ2) is 10.9. The third-order valence-corrected chi connectivity index (χ3v) is 7.23. The van der Waals surface area contributed by atoms with Crippen LogP contribution < -0.4 is 10.1 Å². The lowest BCUT2D eigenvalue weighted by Gasteiger charge is -2.34. The quantitative estimate of drug-likeness (QED) is 0.374. The number of aromatic nitrogens is 1. The van der Waals surface area contributed by atoms with Crippen LogP contribution in [0.5, 0.6) is 5.75 Å². The van der Waals surface area contributed by atoms with Crippen LogP contribution in [0.4, 0.5) is 0 Å². The molecule has 0 radical (unpaired) electrons. The Labute approximate surface area is 216 Å². The van der Waals surface area contributed by atoms with Crippen LogP contribution in [0, 0.1) is 11.8 Å². The van der Waals surface area contributed by atoms with E-state index in [-0.39, 0.29) is 23.7 Å². The number of carbonyl (C=O) groups is 2. The zero-order valence-corrected chi connectivity index (χ0v) is 21.1. The summed E-state index contributed by atoms with van der Waals surface area (Å²) in [5, 5.41) is 3.05. The number of amides is 2. The molecule has 1 fully saturated rings. The van der Waals surface area contributed by atoms with Gasteiger partial charge in [-0.15, -0.1) is 0 Å². The van der Waals surface area contributed by atoms with Crippen molar-refractivity contribution in [3.8, 4) is 17.2 Å². The fourth-order valence-electron chi connectivity index (χ4n) is 4.86. The fourth-order valence-corrected chi connectivity index (χ4v) is 4.86. The molecule has 7 nitrogen and oxygen atoms in total. The van der Waals surface area contributed by atoms with Crippen molar-refractivity contribution in [1.82, 2.24) is 15.2 Å². The topological polar surface area (TPSA) is 84.7 Å². The number of oxazole rings is 1. The Morgan fingerprint density at radius 3 is 2.49 bits per heavy atom. The van der Waals surface area contributed by atoms with E-state index in [1.807, 2.05) is 72.5 Å². The molecule has 2 amide bonds. The third-order valence-electron chi connectivity index (χ3n) is 7.23. The molecule has 1 aromatic heterocycles. The standard InChI is InChI=1S/C30H31N3O4/c1-20(28(34)31-19-21-8-11-25(36-2)12-9-21)22-14-16-33(17-15-22)30(35)24-10-13-27-26(18-24)32-29(37-27)23-6-4-3-5-7-23/h3-13,18,20,22H,14-17,19H2,1-2H3,(H,31,34)/t20-/m0/s1. The zero-order valence-electron chi connectivity index (χ0n) is 21.1. The van der Waals surface area contributed by atoms with Gasteiger partial charge in [-0.2, -0.15) is 0 Å². The van der Waals surface area contributed by atoms with Gasteiger partial charge in [0, 0.05) is 36.7 Å². The number of methoxy groups -OCH3 is 1. The summed E-state index contributed by atoms with van der Waals surface area (Å²) in [6.07, 6.45) is 1.60. The van der Waals surface area contributed by atoms with E-state index in [1.54, 1.807) is 19.2 Å². The molecule has 0 bridgehead atoms. The molecule has 37 heavy (non-hydrogen) atoms. The second-order valence-corrected chi connectivity index (χ2v) is 9.55. The average molecular weight is 498 g/mol. The highest BCUT2D eigenvalue weighted by atomic mass is 16.5. The lowest BCUT2D eigenvalue weighted by Crippen LogP contribution is -2.42. The van der Waals surface area contributed by atoms with E-state index in [1.165, 1.54) is 0 Å². The maximum Gasteiger partial charge on any atom is 0.253 e. The molecule has 1 N–H and O–H groups in total. The third kappa shape index (κ3) is 5.50. The largest absolute Gasteiger partial charge is 0.497 e. The van der Waals surface area contributed by atoms with Crippen molar-refractivity contribution >= 4 is 22.9 Å². The van der Waals surface area contributed by atoms with Gasteiger partial charge in [0.2, 0.25) is 11.8 Å². The molecule has 1 saturated heterocycles. The molecule has 0 saturated carbocycles. The van der Waals surface area contributed by atoms with E-state index >= 15 is 0 Å². The van der Waals surface area contributed by atoms with Crippen molar-refractivity contribution < 1.29 is 18.7 Å². The van der Waals surface area contributed by atoms with Gasteiger partial charge in [-0.3, -0.25) is 9.59 Å². The maximum atomic E-state index is 13.2. The predicted octanol–water partition coefficient (Wildman–Crippen LogP) is 5.31. The van der Waals surface area contributed by atoms with Gasteiger partial charge in [0.25, 0.3) is 5.91 Å². The van der Waals surface area contributed by atoms with E-state index in [2.05, 4.69) is 10.3 Å². The summed E-state index contributed by atoms with van der Waals surface area (Å²) in [5.41, 5.74) is 3.85. The summed E-state index contributed by atoms with van der Waals surface area (Å²) in [4.78, 5) is 32.4. The van der Waals surface area contributed by atoms with Crippen LogP contribution in [0.1, 0.15) is 35.7 Å². The zero-order chi connectivity index (χ0) is 25.8. The Morgan fingerprint density at radius 2 is 1.78 bits per heavy atom. The van der Waals surface area contributed by atoms with E-state index < -0.39 is 0 Å². The molecule has 1 aliphatic rings. The summed E-state index contributed by atoms with van der Waals surface area (Å²) < 4.78 is 11.1. The van der Waals surface area contributed by atoms with Crippen molar-refractivity contribution in [1.29, 1.82) is 0 Å². The van der Waals surface area contributed by atoms with Crippen molar-refractivity contribution in [3.05, 3.63) is 83.9 Å². The van der Waals surface area contributed by atoms with E-state index in [4.69, 9.17) is 9.15 Å². The predicted molar refractivity (Wildman–Crippen MR) is 142 cm³/mol. The van der Waals surface area contributed by atoms with Crippen molar-refractivity contribution in [2.24, 2.45) is 11.8 Å². The molecule has 4 aromatic rings. The molecule has 0 aliphatic carbocycles. The number of nitrogens with zero attached hydrogens (tertiary/aromatic N) is 2. The van der Waals surface area contributed by atoms with Gasteiger partial charge in [-0.1, -0.05) is 37.3 Å². The van der Waals surface area contributed by atoms with Crippen molar-refractivity contribution in [2.75, 3.05) is 20.2 Å². The Hall–Kier alpha value is -4.13. The molecule has 0 spiro atoms. The highest BCUT2D eigenvalue weighted by Crippen LogP contribution is 2.28. The minimum Gasteiger partial charge on any atom is -0.497 e. The Kier molecular flexibility index (Phi) is 7.21. The number of carbonyl (C=O) groups excluding carboxylic acids is 2. The van der Waals surface area contributed by atoms with Crippen LogP contribution in [0.25, 0.3) is 22.6 Å². The monoisotopic (exact) mass is 497 g/mol. The van der Waals surface area contributed by atoms with Crippen LogP contribution in [-0.4, -0.2) is 41.9 Å². The molecule has 2 heterocycles. The second-order valence-electron chi connectivity index (χ2n) is 9.55. The number of nitrogens with one attached hydrogen (secondary N) is 1. The molecular formula is C30H31N3O4. The summed E-state index contributed by atoms with van der Waals surface area (Å²) in [6.45, 7) is 3.73. The molecule has 0 unspecified atom stereocenters. The molecule has 3 aromatic carbocycles. The first-order valence-electron chi connectivity index (χ1n) is 12.7. The number of hydrogen-bond acceptors (Lipinski definition) is 5. The normalized spacial score (nSPS) is 14.9.